The fourth-order valence-corrected chi connectivity index (χ4v) is 6.05. The van der Waals surface area contributed by atoms with Crippen molar-refractivity contribution in [3.63, 3.8) is 0 Å². The second kappa shape index (κ2) is 8.58. The molecule has 0 fully saturated rings. The number of nitrogens with zero attached hydrogens (tertiary/aromatic N) is 4. The molecule has 0 N–H and O–H groups in total. The minimum Gasteiger partial charge on any atom is -0.295 e. The van der Waals surface area contributed by atoms with Crippen LogP contribution in [0.25, 0.3) is 11.0 Å². The Morgan fingerprint density at radius 3 is 2.54 bits per heavy atom. The number of halogens is 1. The molecule has 28 heavy (non-hydrogen) atoms. The molecule has 0 saturated heterocycles. The van der Waals surface area contributed by atoms with Gasteiger partial charge in [-0.1, -0.05) is 80.1 Å². The Kier molecular flexibility index (Phi) is 6.35. The first kappa shape index (κ1) is 20.7. The summed E-state index contributed by atoms with van der Waals surface area (Å²) in [7, 11) is -1.55. The van der Waals surface area contributed by atoms with E-state index in [4.69, 9.17) is 16.6 Å². The zero-order valence-corrected chi connectivity index (χ0v) is 18.9. The van der Waals surface area contributed by atoms with Gasteiger partial charge in [0, 0.05) is 31.4 Å². The molecule has 0 aliphatic rings. The van der Waals surface area contributed by atoms with Crippen LogP contribution in [0.2, 0.25) is 30.7 Å². The van der Waals surface area contributed by atoms with E-state index in [1.165, 1.54) is 0 Å². The Hall–Kier alpha value is -1.98. The highest BCUT2D eigenvalue weighted by molar-refractivity contribution is 6.76. The average molecular weight is 413 g/mol. The number of aromatic nitrogens is 3. The summed E-state index contributed by atoms with van der Waals surface area (Å²) in [6.07, 6.45) is 4.28. The lowest BCUT2D eigenvalue weighted by molar-refractivity contribution is 0.475. The average Bonchev–Trinajstić information content (AvgIpc) is 3.08. The lowest BCUT2D eigenvalue weighted by Gasteiger charge is -2.36. The smallest absolute Gasteiger partial charge is 0.124 e. The SMILES string of the molecule is CCCCN=CC(C[Si](C)(C)C)(c1ccccc1Cl)n1nnc2ccccc21. The summed E-state index contributed by atoms with van der Waals surface area (Å²) in [6, 6.07) is 17.1. The summed E-state index contributed by atoms with van der Waals surface area (Å²) < 4.78 is 2.04. The van der Waals surface area contributed by atoms with Crippen LogP contribution in [-0.2, 0) is 5.54 Å². The first-order valence-corrected chi connectivity index (χ1v) is 14.0. The summed E-state index contributed by atoms with van der Waals surface area (Å²) in [5, 5.41) is 9.78. The molecule has 6 heteroatoms. The van der Waals surface area contributed by atoms with Gasteiger partial charge in [-0.25, -0.2) is 4.68 Å². The third kappa shape index (κ3) is 4.36. The molecule has 1 atom stereocenters. The Labute approximate surface area is 173 Å². The van der Waals surface area contributed by atoms with Gasteiger partial charge in [0.2, 0.25) is 0 Å². The quantitative estimate of drug-likeness (QED) is 0.257. The molecule has 2 aromatic carbocycles. The van der Waals surface area contributed by atoms with Gasteiger partial charge >= 0.3 is 0 Å². The molecule has 0 radical (unpaired) electrons. The number of hydrogen-bond donors (Lipinski definition) is 0. The molecule has 0 spiro atoms. The van der Waals surface area contributed by atoms with E-state index in [0.717, 1.165) is 47.0 Å². The van der Waals surface area contributed by atoms with Gasteiger partial charge in [-0.15, -0.1) is 5.10 Å². The van der Waals surface area contributed by atoms with Crippen LogP contribution in [0.4, 0.5) is 0 Å². The van der Waals surface area contributed by atoms with Crippen LogP contribution in [0.3, 0.4) is 0 Å². The van der Waals surface area contributed by atoms with Gasteiger partial charge < -0.3 is 0 Å². The molecule has 0 aliphatic heterocycles. The third-order valence-corrected chi connectivity index (χ3v) is 6.74. The summed E-state index contributed by atoms with van der Waals surface area (Å²) in [5.41, 5.74) is 2.38. The van der Waals surface area contributed by atoms with Crippen molar-refractivity contribution in [1.82, 2.24) is 15.0 Å². The number of fused-ring (bicyclic) bond motifs is 1. The molecule has 3 rings (SSSR count). The Morgan fingerprint density at radius 2 is 1.82 bits per heavy atom. The van der Waals surface area contributed by atoms with Crippen molar-refractivity contribution in [3.8, 4) is 0 Å². The van der Waals surface area contributed by atoms with E-state index >= 15 is 0 Å². The number of benzene rings is 2. The monoisotopic (exact) mass is 412 g/mol. The fourth-order valence-electron chi connectivity index (χ4n) is 3.70. The van der Waals surface area contributed by atoms with E-state index in [2.05, 4.69) is 55.2 Å². The van der Waals surface area contributed by atoms with E-state index < -0.39 is 13.6 Å². The Bertz CT molecular complexity index is 960. The van der Waals surface area contributed by atoms with Crippen molar-refractivity contribution in [2.24, 2.45) is 4.99 Å². The lowest BCUT2D eigenvalue weighted by Crippen LogP contribution is -2.44. The third-order valence-electron chi connectivity index (χ3n) is 4.82. The van der Waals surface area contributed by atoms with Gasteiger partial charge in [0.15, 0.2) is 0 Å². The molecule has 0 aliphatic carbocycles. The van der Waals surface area contributed by atoms with Crippen molar-refractivity contribution in [1.29, 1.82) is 0 Å². The first-order chi connectivity index (χ1) is 13.4. The van der Waals surface area contributed by atoms with Crippen molar-refractivity contribution in [3.05, 3.63) is 59.1 Å². The van der Waals surface area contributed by atoms with Gasteiger partial charge in [0.25, 0.3) is 0 Å². The molecule has 3 aromatic rings. The van der Waals surface area contributed by atoms with Crippen molar-refractivity contribution < 1.29 is 0 Å². The minimum atomic E-state index is -1.55. The maximum absolute atomic E-state index is 6.74. The van der Waals surface area contributed by atoms with Crippen LogP contribution in [0.15, 0.2) is 53.5 Å². The van der Waals surface area contributed by atoms with E-state index in [1.807, 2.05) is 41.1 Å². The van der Waals surface area contributed by atoms with Gasteiger partial charge in [-0.3, -0.25) is 4.99 Å². The highest BCUT2D eigenvalue weighted by atomic mass is 35.5. The molecule has 1 unspecified atom stereocenters. The number of aliphatic imine (C=N–C) groups is 1. The van der Waals surface area contributed by atoms with Gasteiger partial charge in [0.05, 0.1) is 5.52 Å². The van der Waals surface area contributed by atoms with E-state index in [-0.39, 0.29) is 0 Å². The fraction of sp³-hybridized carbons (Fsp3) is 0.409. The maximum atomic E-state index is 6.74. The Morgan fingerprint density at radius 1 is 1.11 bits per heavy atom. The molecule has 1 aromatic heterocycles. The zero-order valence-electron chi connectivity index (χ0n) is 17.2. The van der Waals surface area contributed by atoms with Crippen LogP contribution in [0, 0.1) is 0 Å². The standard InChI is InChI=1S/C22H29ClN4Si/c1-5-6-15-24-16-22(17-28(2,3)4,18-11-7-8-12-19(18)23)27-21-14-10-9-13-20(21)25-26-27/h7-14,16H,5-6,15,17H2,1-4H3. The number of para-hydroxylation sites is 1. The predicted octanol–water partition coefficient (Wildman–Crippen LogP) is 6.04. The van der Waals surface area contributed by atoms with E-state index in [0.29, 0.717) is 0 Å². The van der Waals surface area contributed by atoms with Crippen LogP contribution < -0.4 is 0 Å². The van der Waals surface area contributed by atoms with Crippen LogP contribution in [-0.4, -0.2) is 35.8 Å². The molecule has 0 amide bonds. The van der Waals surface area contributed by atoms with E-state index in [9.17, 15) is 0 Å². The second-order valence-electron chi connectivity index (χ2n) is 8.52. The van der Waals surface area contributed by atoms with Gasteiger partial charge in [0.1, 0.15) is 11.1 Å². The second-order valence-corrected chi connectivity index (χ2v) is 14.4. The summed E-state index contributed by atoms with van der Waals surface area (Å²) in [4.78, 5) is 4.85. The van der Waals surface area contributed by atoms with Crippen LogP contribution >= 0.6 is 11.6 Å². The minimum absolute atomic E-state index is 0.549. The Balaban J connectivity index is 2.29. The van der Waals surface area contributed by atoms with Crippen molar-refractivity contribution in [2.45, 2.75) is 51.0 Å². The molecule has 1 heterocycles. The molecule has 4 nitrogen and oxygen atoms in total. The normalized spacial score (nSPS) is 14.6. The summed E-state index contributed by atoms with van der Waals surface area (Å²) in [6.45, 7) is 10.1. The largest absolute Gasteiger partial charge is 0.295 e. The first-order valence-electron chi connectivity index (χ1n) is 9.94. The number of rotatable bonds is 8. The molecule has 0 bridgehead atoms. The summed E-state index contributed by atoms with van der Waals surface area (Å²) >= 11 is 6.74. The number of unbranched alkanes of at least 4 members (excludes halogenated alkanes) is 1. The highest BCUT2D eigenvalue weighted by Crippen LogP contribution is 2.39. The molecular formula is C22H29ClN4Si. The van der Waals surface area contributed by atoms with E-state index in [1.54, 1.807) is 0 Å². The maximum Gasteiger partial charge on any atom is 0.124 e. The molecule has 0 saturated carbocycles. The van der Waals surface area contributed by atoms with Gasteiger partial charge in [-0.2, -0.15) is 0 Å². The molecular weight excluding hydrogens is 384 g/mol. The van der Waals surface area contributed by atoms with Crippen LogP contribution in [0.5, 0.6) is 0 Å². The zero-order chi connectivity index (χ0) is 20.2. The van der Waals surface area contributed by atoms with Crippen molar-refractivity contribution >= 4 is 36.9 Å². The molecule has 148 valence electrons. The lowest BCUT2D eigenvalue weighted by atomic mass is 9.92. The van der Waals surface area contributed by atoms with Crippen LogP contribution in [0.1, 0.15) is 25.3 Å². The summed E-state index contributed by atoms with van der Waals surface area (Å²) in [5.74, 6) is 0. The highest BCUT2D eigenvalue weighted by Gasteiger charge is 2.41. The van der Waals surface area contributed by atoms with Gasteiger partial charge in [-0.05, 0) is 30.7 Å². The number of hydrogen-bond acceptors (Lipinski definition) is 3. The topological polar surface area (TPSA) is 43.1 Å². The predicted molar refractivity (Wildman–Crippen MR) is 122 cm³/mol. The van der Waals surface area contributed by atoms with Crippen molar-refractivity contribution in [2.75, 3.05) is 6.54 Å².